The number of rotatable bonds is 3. The highest BCUT2D eigenvalue weighted by atomic mass is 19.4. The first-order chi connectivity index (χ1) is 9.56. The molecule has 0 aromatic heterocycles. The number of hydrogen-bond donors (Lipinski definition) is 0. The molecule has 1 aliphatic heterocycles. The van der Waals surface area contributed by atoms with Gasteiger partial charge in [0.25, 0.3) is 0 Å². The summed E-state index contributed by atoms with van der Waals surface area (Å²) in [4.78, 5) is 23.1. The van der Waals surface area contributed by atoms with Crippen molar-refractivity contribution in [3.63, 3.8) is 0 Å². The van der Waals surface area contributed by atoms with E-state index in [-0.39, 0.29) is 12.8 Å². The molecule has 5 unspecified atom stereocenters. The van der Waals surface area contributed by atoms with Gasteiger partial charge in [-0.15, -0.1) is 0 Å². The zero-order valence-electron chi connectivity index (χ0n) is 11.6. The number of halogens is 4. The Bertz CT molecular complexity index is 446. The molecular formula is C13H16F4O4. The van der Waals surface area contributed by atoms with Crippen molar-refractivity contribution in [2.24, 2.45) is 11.8 Å². The Kier molecular flexibility index (Phi) is 3.92. The van der Waals surface area contributed by atoms with Crippen LogP contribution in [-0.2, 0) is 19.1 Å². The fraction of sp³-hybridized carbons (Fsp3) is 0.846. The molecule has 2 aliphatic rings. The summed E-state index contributed by atoms with van der Waals surface area (Å²) in [6.07, 6.45) is -7.65. The van der Waals surface area contributed by atoms with Crippen molar-refractivity contribution in [3.05, 3.63) is 0 Å². The molecule has 0 radical (unpaired) electrons. The average molecular weight is 312 g/mol. The lowest BCUT2D eigenvalue weighted by Crippen LogP contribution is -2.45. The van der Waals surface area contributed by atoms with Gasteiger partial charge in [0.05, 0.1) is 11.8 Å². The van der Waals surface area contributed by atoms with E-state index in [2.05, 4.69) is 0 Å². The summed E-state index contributed by atoms with van der Waals surface area (Å²) in [6, 6.07) is 0. The maximum Gasteiger partial charge on any atom is 0.392 e. The van der Waals surface area contributed by atoms with Crippen molar-refractivity contribution < 1.29 is 36.6 Å². The van der Waals surface area contributed by atoms with Crippen LogP contribution in [0.4, 0.5) is 17.6 Å². The Balaban J connectivity index is 2.14. The largest absolute Gasteiger partial charge is 0.458 e. The summed E-state index contributed by atoms with van der Waals surface area (Å²) < 4.78 is 62.4. The Morgan fingerprint density at radius 2 is 1.95 bits per heavy atom. The smallest absolute Gasteiger partial charge is 0.392 e. The summed E-state index contributed by atoms with van der Waals surface area (Å²) in [5.74, 6) is -5.33. The van der Waals surface area contributed by atoms with E-state index < -0.39 is 54.2 Å². The molecule has 2 bridgehead atoms. The first-order valence-corrected chi connectivity index (χ1v) is 6.73. The fourth-order valence-corrected chi connectivity index (χ4v) is 2.64. The number of ether oxygens (including phenoxy) is 2. The molecule has 120 valence electrons. The van der Waals surface area contributed by atoms with Crippen molar-refractivity contribution >= 4 is 11.9 Å². The van der Waals surface area contributed by atoms with Gasteiger partial charge in [-0.2, -0.15) is 13.2 Å². The third kappa shape index (κ3) is 2.98. The second kappa shape index (κ2) is 5.14. The molecule has 0 spiro atoms. The second-order valence-corrected chi connectivity index (χ2v) is 5.70. The first kappa shape index (κ1) is 16.0. The summed E-state index contributed by atoms with van der Waals surface area (Å²) in [5.41, 5.74) is -2.27. The van der Waals surface area contributed by atoms with E-state index in [1.54, 1.807) is 0 Å². The van der Waals surface area contributed by atoms with Gasteiger partial charge in [-0.3, -0.25) is 4.79 Å². The van der Waals surface area contributed by atoms with Crippen LogP contribution >= 0.6 is 0 Å². The lowest BCUT2D eigenvalue weighted by molar-refractivity contribution is -0.207. The van der Waals surface area contributed by atoms with Crippen LogP contribution in [0.15, 0.2) is 0 Å². The van der Waals surface area contributed by atoms with Gasteiger partial charge in [0.2, 0.25) is 5.67 Å². The van der Waals surface area contributed by atoms with Crippen molar-refractivity contribution in [1.29, 1.82) is 0 Å². The van der Waals surface area contributed by atoms with Gasteiger partial charge >= 0.3 is 18.1 Å². The van der Waals surface area contributed by atoms with Crippen molar-refractivity contribution in [1.82, 2.24) is 0 Å². The third-order valence-corrected chi connectivity index (χ3v) is 4.21. The van der Waals surface area contributed by atoms with Crippen LogP contribution in [0.25, 0.3) is 0 Å². The highest BCUT2D eigenvalue weighted by Crippen LogP contribution is 2.47. The van der Waals surface area contributed by atoms with E-state index >= 15 is 0 Å². The molecular weight excluding hydrogens is 296 g/mol. The Morgan fingerprint density at radius 3 is 2.48 bits per heavy atom. The van der Waals surface area contributed by atoms with Crippen molar-refractivity contribution in [2.45, 2.75) is 57.2 Å². The van der Waals surface area contributed by atoms with Crippen LogP contribution in [0.5, 0.6) is 0 Å². The van der Waals surface area contributed by atoms with E-state index in [9.17, 15) is 27.2 Å². The van der Waals surface area contributed by atoms with Gasteiger partial charge in [-0.25, -0.2) is 9.18 Å². The van der Waals surface area contributed by atoms with Gasteiger partial charge in [0, 0.05) is 12.8 Å². The molecule has 1 heterocycles. The molecule has 2 fully saturated rings. The van der Waals surface area contributed by atoms with E-state index in [1.165, 1.54) is 6.92 Å². The minimum absolute atomic E-state index is 0.157. The predicted octanol–water partition coefficient (Wildman–Crippen LogP) is 2.55. The number of hydrogen-bond acceptors (Lipinski definition) is 4. The summed E-state index contributed by atoms with van der Waals surface area (Å²) in [5, 5.41) is 0. The maximum atomic E-state index is 13.8. The number of alkyl halides is 4. The molecule has 1 saturated carbocycles. The molecule has 0 aromatic rings. The van der Waals surface area contributed by atoms with Crippen LogP contribution in [0.2, 0.25) is 0 Å². The average Bonchev–Trinajstić information content (AvgIpc) is 2.68. The van der Waals surface area contributed by atoms with Crippen LogP contribution in [0.1, 0.15) is 33.1 Å². The first-order valence-electron chi connectivity index (χ1n) is 6.73. The molecule has 1 saturated heterocycles. The molecule has 0 N–H and O–H groups in total. The molecule has 5 atom stereocenters. The summed E-state index contributed by atoms with van der Waals surface area (Å²) in [7, 11) is 0. The highest BCUT2D eigenvalue weighted by molar-refractivity contribution is 5.79. The van der Waals surface area contributed by atoms with Crippen molar-refractivity contribution in [2.75, 3.05) is 0 Å². The van der Waals surface area contributed by atoms with Gasteiger partial charge in [-0.05, 0) is 13.3 Å². The molecule has 2 rings (SSSR count). The minimum atomic E-state index is -4.59. The highest BCUT2D eigenvalue weighted by Gasteiger charge is 2.59. The van der Waals surface area contributed by atoms with Gasteiger partial charge in [0.1, 0.15) is 12.2 Å². The van der Waals surface area contributed by atoms with Crippen LogP contribution in [-0.4, -0.2) is 36.0 Å². The molecule has 0 amide bonds. The van der Waals surface area contributed by atoms with E-state index in [1.807, 2.05) is 0 Å². The Morgan fingerprint density at radius 1 is 1.33 bits per heavy atom. The Labute approximate surface area is 118 Å². The van der Waals surface area contributed by atoms with Gasteiger partial charge < -0.3 is 9.47 Å². The summed E-state index contributed by atoms with van der Waals surface area (Å²) >= 11 is 0. The van der Waals surface area contributed by atoms with Gasteiger partial charge in [-0.1, -0.05) is 6.92 Å². The predicted molar refractivity (Wildman–Crippen MR) is 61.8 cm³/mol. The standard InChI is InChI=1S/C13H16F4O4/c1-3-12(2,14)11(19)21-9-5-7(13(15,16)17)6-4-8(9)20-10(6)18/h6-9H,3-5H2,1-2H3. The number of esters is 2. The number of carbonyl (C=O) groups excluding carboxylic acids is 2. The normalized spacial score (nSPS) is 35.0. The second-order valence-electron chi connectivity index (χ2n) is 5.70. The topological polar surface area (TPSA) is 52.6 Å². The zero-order valence-corrected chi connectivity index (χ0v) is 11.6. The lowest BCUT2D eigenvalue weighted by atomic mass is 9.78. The number of fused-ring (bicyclic) bond motifs is 2. The fourth-order valence-electron chi connectivity index (χ4n) is 2.64. The van der Waals surface area contributed by atoms with E-state index in [0.717, 1.165) is 6.92 Å². The maximum absolute atomic E-state index is 13.8. The number of carbonyl (C=O) groups is 2. The summed E-state index contributed by atoms with van der Waals surface area (Å²) in [6.45, 7) is 2.43. The van der Waals surface area contributed by atoms with Gasteiger partial charge in [0.15, 0.2) is 0 Å². The van der Waals surface area contributed by atoms with Crippen LogP contribution < -0.4 is 0 Å². The minimum Gasteiger partial charge on any atom is -0.458 e. The molecule has 21 heavy (non-hydrogen) atoms. The SMILES string of the molecule is CCC(C)(F)C(=O)OC1CC(C(F)(F)F)C2CC1OC2=O. The third-order valence-electron chi connectivity index (χ3n) is 4.21. The van der Waals surface area contributed by atoms with Crippen molar-refractivity contribution in [3.8, 4) is 0 Å². The molecule has 1 aliphatic carbocycles. The lowest BCUT2D eigenvalue weighted by Gasteiger charge is -2.33. The zero-order chi connectivity index (χ0) is 16.0. The molecule has 0 aromatic carbocycles. The molecule has 4 nitrogen and oxygen atoms in total. The monoisotopic (exact) mass is 312 g/mol. The molecule has 8 heteroatoms. The van der Waals surface area contributed by atoms with E-state index in [4.69, 9.17) is 9.47 Å². The van der Waals surface area contributed by atoms with E-state index in [0.29, 0.717) is 0 Å². The van der Waals surface area contributed by atoms with Crippen LogP contribution in [0, 0.1) is 11.8 Å². The van der Waals surface area contributed by atoms with Crippen LogP contribution in [0.3, 0.4) is 0 Å². The quantitative estimate of drug-likeness (QED) is 0.594. The Hall–Kier alpha value is -1.34.